The van der Waals surface area contributed by atoms with E-state index >= 15 is 0 Å². The molecule has 1 amide bonds. The molecule has 2 rings (SSSR count). The lowest BCUT2D eigenvalue weighted by Gasteiger charge is -2.24. The molecule has 1 fully saturated rings. The van der Waals surface area contributed by atoms with Crippen LogP contribution in [0.25, 0.3) is 0 Å². The summed E-state index contributed by atoms with van der Waals surface area (Å²) in [6, 6.07) is 9.66. The lowest BCUT2D eigenvalue weighted by Crippen LogP contribution is -2.40. The summed E-state index contributed by atoms with van der Waals surface area (Å²) < 4.78 is 0. The maximum Gasteiger partial charge on any atom is 0.303 e. The van der Waals surface area contributed by atoms with Crippen LogP contribution in [-0.4, -0.2) is 40.3 Å². The van der Waals surface area contributed by atoms with E-state index in [2.05, 4.69) is 0 Å². The second kappa shape index (κ2) is 12.3. The molecule has 0 aliphatic carbocycles. The zero-order valence-electron chi connectivity index (χ0n) is 16.8. The van der Waals surface area contributed by atoms with Gasteiger partial charge in [-0.05, 0) is 31.2 Å². The second-order valence-electron chi connectivity index (χ2n) is 7.79. The van der Waals surface area contributed by atoms with Crippen LogP contribution in [0, 0.1) is 0 Å². The molecule has 154 valence electrons. The number of unbranched alkanes of at least 4 members (excludes halogenated alkanes) is 6. The Bertz CT molecular complexity index is 629. The molecule has 1 aromatic carbocycles. The summed E-state index contributed by atoms with van der Waals surface area (Å²) in [4.78, 5) is 37.2. The van der Waals surface area contributed by atoms with E-state index in [0.29, 0.717) is 6.54 Å². The van der Waals surface area contributed by atoms with Gasteiger partial charge >= 0.3 is 5.97 Å². The Kier molecular flexibility index (Phi) is 9.73. The standard InChI is InChI=1S/C23H33NO4/c25-21(18-19-12-7-6-8-13-19)23(28)24-17-11-15-20(24)14-9-4-2-1-3-5-10-16-22(26)27/h6-8,12-13,20H,1-5,9-11,14-18H2,(H,26,27). The third kappa shape index (κ3) is 7.83. The number of carboxylic acids is 1. The Morgan fingerprint density at radius 1 is 0.929 bits per heavy atom. The van der Waals surface area contributed by atoms with Gasteiger partial charge in [0.15, 0.2) is 0 Å². The van der Waals surface area contributed by atoms with Crippen molar-refractivity contribution in [3.8, 4) is 0 Å². The molecule has 1 unspecified atom stereocenters. The van der Waals surface area contributed by atoms with Crippen molar-refractivity contribution in [2.45, 2.75) is 83.1 Å². The van der Waals surface area contributed by atoms with E-state index in [0.717, 1.165) is 69.8 Å². The number of hydrogen-bond acceptors (Lipinski definition) is 3. The minimum atomic E-state index is -0.710. The Balaban J connectivity index is 1.62. The predicted molar refractivity (Wildman–Crippen MR) is 109 cm³/mol. The summed E-state index contributed by atoms with van der Waals surface area (Å²) >= 11 is 0. The normalized spacial score (nSPS) is 16.3. The number of amides is 1. The van der Waals surface area contributed by atoms with Crippen LogP contribution in [0.4, 0.5) is 0 Å². The monoisotopic (exact) mass is 387 g/mol. The molecular weight excluding hydrogens is 354 g/mol. The SMILES string of the molecule is O=C(O)CCCCCCCCCC1CCCN1C(=O)C(=O)Cc1ccccc1. The number of ketones is 1. The molecule has 1 N–H and O–H groups in total. The van der Waals surface area contributed by atoms with Crippen molar-refractivity contribution in [1.29, 1.82) is 0 Å². The minimum absolute atomic E-state index is 0.185. The summed E-state index contributed by atoms with van der Waals surface area (Å²) in [7, 11) is 0. The zero-order valence-corrected chi connectivity index (χ0v) is 16.8. The molecule has 1 aliphatic heterocycles. The van der Waals surface area contributed by atoms with Gasteiger partial charge in [0, 0.05) is 25.4 Å². The molecule has 1 saturated heterocycles. The van der Waals surface area contributed by atoms with Gasteiger partial charge < -0.3 is 10.0 Å². The number of benzene rings is 1. The van der Waals surface area contributed by atoms with Gasteiger partial charge in [-0.15, -0.1) is 0 Å². The van der Waals surface area contributed by atoms with E-state index in [4.69, 9.17) is 5.11 Å². The lowest BCUT2D eigenvalue weighted by atomic mass is 10.0. The van der Waals surface area contributed by atoms with Crippen molar-refractivity contribution in [3.05, 3.63) is 35.9 Å². The fourth-order valence-electron chi connectivity index (χ4n) is 3.96. The highest BCUT2D eigenvalue weighted by molar-refractivity contribution is 6.36. The first kappa shape index (κ1) is 22.1. The average Bonchev–Trinajstić information content (AvgIpc) is 3.15. The van der Waals surface area contributed by atoms with Crippen molar-refractivity contribution in [1.82, 2.24) is 4.90 Å². The third-order valence-corrected chi connectivity index (χ3v) is 5.51. The van der Waals surface area contributed by atoms with Crippen LogP contribution < -0.4 is 0 Å². The van der Waals surface area contributed by atoms with Gasteiger partial charge in [0.1, 0.15) is 0 Å². The molecule has 0 spiro atoms. The molecule has 1 aromatic rings. The number of aliphatic carboxylic acids is 1. The van der Waals surface area contributed by atoms with Crippen molar-refractivity contribution in [3.63, 3.8) is 0 Å². The summed E-state index contributed by atoms with van der Waals surface area (Å²) in [5.41, 5.74) is 0.889. The Morgan fingerprint density at radius 2 is 1.57 bits per heavy atom. The van der Waals surface area contributed by atoms with Gasteiger partial charge in [-0.25, -0.2) is 0 Å². The number of Topliss-reactive ketones (excluding diaryl/α,β-unsaturated/α-hetero) is 1. The van der Waals surface area contributed by atoms with Crippen LogP contribution in [0.5, 0.6) is 0 Å². The number of carbonyl (C=O) groups is 3. The van der Waals surface area contributed by atoms with Crippen LogP contribution >= 0.6 is 0 Å². The molecular formula is C23H33NO4. The van der Waals surface area contributed by atoms with Crippen molar-refractivity contribution in [2.24, 2.45) is 0 Å². The lowest BCUT2D eigenvalue weighted by molar-refractivity contribution is -0.145. The third-order valence-electron chi connectivity index (χ3n) is 5.51. The number of nitrogens with zero attached hydrogens (tertiary/aromatic N) is 1. The first-order chi connectivity index (χ1) is 13.6. The van der Waals surface area contributed by atoms with Crippen molar-refractivity contribution < 1.29 is 19.5 Å². The highest BCUT2D eigenvalue weighted by atomic mass is 16.4. The van der Waals surface area contributed by atoms with Gasteiger partial charge in [0.2, 0.25) is 5.78 Å². The first-order valence-corrected chi connectivity index (χ1v) is 10.7. The van der Waals surface area contributed by atoms with Crippen LogP contribution in [0.1, 0.15) is 76.2 Å². The number of carbonyl (C=O) groups excluding carboxylic acids is 2. The molecule has 0 bridgehead atoms. The molecule has 1 atom stereocenters. The average molecular weight is 388 g/mol. The van der Waals surface area contributed by atoms with Crippen LogP contribution in [0.3, 0.4) is 0 Å². The smallest absolute Gasteiger partial charge is 0.303 e. The highest BCUT2D eigenvalue weighted by Gasteiger charge is 2.31. The van der Waals surface area contributed by atoms with Gasteiger partial charge in [-0.2, -0.15) is 0 Å². The molecule has 5 heteroatoms. The van der Waals surface area contributed by atoms with E-state index in [1.54, 1.807) is 4.90 Å². The Morgan fingerprint density at radius 3 is 2.25 bits per heavy atom. The number of rotatable bonds is 13. The fraction of sp³-hybridized carbons (Fsp3) is 0.609. The maximum atomic E-state index is 12.6. The zero-order chi connectivity index (χ0) is 20.2. The van der Waals surface area contributed by atoms with Gasteiger partial charge in [-0.3, -0.25) is 14.4 Å². The van der Waals surface area contributed by atoms with Crippen LogP contribution in [0.2, 0.25) is 0 Å². The molecule has 0 radical (unpaired) electrons. The fourth-order valence-corrected chi connectivity index (χ4v) is 3.96. The maximum absolute atomic E-state index is 12.6. The summed E-state index contributed by atoms with van der Waals surface area (Å²) in [6.07, 6.45) is 10.8. The number of hydrogen-bond donors (Lipinski definition) is 1. The summed E-state index contributed by atoms with van der Waals surface area (Å²) in [5.74, 6) is -1.33. The van der Waals surface area contributed by atoms with E-state index in [9.17, 15) is 14.4 Å². The van der Waals surface area contributed by atoms with Crippen LogP contribution in [0.15, 0.2) is 30.3 Å². The Hall–Kier alpha value is -2.17. The van der Waals surface area contributed by atoms with Gasteiger partial charge in [-0.1, -0.05) is 68.9 Å². The Labute approximate surface area is 168 Å². The molecule has 0 saturated carbocycles. The van der Waals surface area contributed by atoms with E-state index < -0.39 is 5.97 Å². The van der Waals surface area contributed by atoms with Crippen LogP contribution in [-0.2, 0) is 20.8 Å². The van der Waals surface area contributed by atoms with Gasteiger partial charge in [0.25, 0.3) is 5.91 Å². The molecule has 1 heterocycles. The largest absolute Gasteiger partial charge is 0.481 e. The predicted octanol–water partition coefficient (Wildman–Crippen LogP) is 4.38. The molecule has 0 aromatic heterocycles. The van der Waals surface area contributed by atoms with Crippen molar-refractivity contribution in [2.75, 3.05) is 6.54 Å². The van der Waals surface area contributed by atoms with E-state index in [1.165, 1.54) is 0 Å². The minimum Gasteiger partial charge on any atom is -0.481 e. The van der Waals surface area contributed by atoms with Gasteiger partial charge in [0.05, 0.1) is 0 Å². The first-order valence-electron chi connectivity index (χ1n) is 10.7. The number of carboxylic acid groups (broad SMARTS) is 1. The summed E-state index contributed by atoms with van der Waals surface area (Å²) in [6.45, 7) is 0.702. The molecule has 5 nitrogen and oxygen atoms in total. The summed E-state index contributed by atoms with van der Waals surface area (Å²) in [5, 5.41) is 8.61. The molecule has 28 heavy (non-hydrogen) atoms. The van der Waals surface area contributed by atoms with E-state index in [-0.39, 0.29) is 30.6 Å². The van der Waals surface area contributed by atoms with E-state index in [1.807, 2.05) is 30.3 Å². The molecule has 1 aliphatic rings. The topological polar surface area (TPSA) is 74.7 Å². The highest BCUT2D eigenvalue weighted by Crippen LogP contribution is 2.23. The quantitative estimate of drug-likeness (QED) is 0.402. The second-order valence-corrected chi connectivity index (χ2v) is 7.79. The van der Waals surface area contributed by atoms with Crippen molar-refractivity contribution >= 4 is 17.7 Å². The number of likely N-dealkylation sites (tertiary alicyclic amines) is 1.